The fourth-order valence-corrected chi connectivity index (χ4v) is 2.79. The second kappa shape index (κ2) is 5.58. The second-order valence-electron chi connectivity index (χ2n) is 5.15. The van der Waals surface area contributed by atoms with Gasteiger partial charge in [-0.15, -0.1) is 0 Å². The van der Waals surface area contributed by atoms with Crippen LogP contribution < -0.4 is 0 Å². The van der Waals surface area contributed by atoms with Crippen molar-refractivity contribution in [3.05, 3.63) is 30.4 Å². The van der Waals surface area contributed by atoms with Crippen LogP contribution in [-0.4, -0.2) is 49.7 Å². The fraction of sp³-hybridized carbons (Fsp3) is 0.500. The van der Waals surface area contributed by atoms with Gasteiger partial charge in [0.1, 0.15) is 0 Å². The summed E-state index contributed by atoms with van der Waals surface area (Å²) in [5.74, 6) is -0.0612. The number of hydrogen-bond donors (Lipinski definition) is 1. The Kier molecular flexibility index (Phi) is 3.64. The molecular weight excluding hydrogens is 256 g/mol. The highest BCUT2D eigenvalue weighted by atomic mass is 16.3. The van der Waals surface area contributed by atoms with Gasteiger partial charge in [-0.05, 0) is 12.8 Å². The van der Waals surface area contributed by atoms with Gasteiger partial charge in [0.15, 0.2) is 0 Å². The highest BCUT2D eigenvalue weighted by Crippen LogP contribution is 2.20. The molecule has 20 heavy (non-hydrogen) atoms. The first-order valence-corrected chi connectivity index (χ1v) is 7.00. The van der Waals surface area contributed by atoms with Crippen LogP contribution in [0, 0.1) is 0 Å². The number of aromatic nitrogens is 3. The molecule has 0 aliphatic carbocycles. The molecule has 0 bridgehead atoms. The number of hydrogen-bond acceptors (Lipinski definition) is 4. The normalized spacial score (nSPS) is 20.1. The van der Waals surface area contributed by atoms with Crippen molar-refractivity contribution in [3.63, 3.8) is 0 Å². The van der Waals surface area contributed by atoms with Gasteiger partial charge < -0.3 is 10.0 Å². The summed E-state index contributed by atoms with van der Waals surface area (Å²) in [5.41, 5.74) is 1.26. The van der Waals surface area contributed by atoms with E-state index in [-0.39, 0.29) is 18.6 Å². The summed E-state index contributed by atoms with van der Waals surface area (Å²) in [6, 6.07) is -0.0865. The van der Waals surface area contributed by atoms with Crippen LogP contribution in [0.5, 0.6) is 0 Å². The Morgan fingerprint density at radius 1 is 1.35 bits per heavy atom. The first-order chi connectivity index (χ1) is 9.81. The smallest absolute Gasteiger partial charge is 0.258 e. The standard InChI is InChI=1S/C14H18N4O2/c19-10-11-4-2-1-3-6-17(11)14(20)12-8-16-18-7-5-15-9-13(12)18/h5,7-9,11,19H,1-4,6,10H2. The number of aliphatic hydroxyl groups is 1. The maximum atomic E-state index is 12.7. The third-order valence-electron chi connectivity index (χ3n) is 3.90. The van der Waals surface area contributed by atoms with Crippen LogP contribution in [0.25, 0.3) is 5.52 Å². The predicted molar refractivity (Wildman–Crippen MR) is 73.4 cm³/mol. The maximum Gasteiger partial charge on any atom is 0.258 e. The first-order valence-electron chi connectivity index (χ1n) is 7.00. The molecule has 6 nitrogen and oxygen atoms in total. The Morgan fingerprint density at radius 3 is 3.10 bits per heavy atom. The molecule has 2 aromatic heterocycles. The van der Waals surface area contributed by atoms with Gasteiger partial charge in [0, 0.05) is 18.9 Å². The molecule has 0 saturated carbocycles. The van der Waals surface area contributed by atoms with Gasteiger partial charge in [0.25, 0.3) is 5.91 Å². The molecule has 3 heterocycles. The Labute approximate surface area is 117 Å². The second-order valence-corrected chi connectivity index (χ2v) is 5.15. The van der Waals surface area contributed by atoms with Crippen molar-refractivity contribution in [3.8, 4) is 0 Å². The molecule has 3 rings (SSSR count). The molecule has 1 aliphatic heterocycles. The number of carbonyl (C=O) groups excluding carboxylic acids is 1. The van der Waals surface area contributed by atoms with E-state index in [9.17, 15) is 9.90 Å². The minimum absolute atomic E-state index is 0.0171. The summed E-state index contributed by atoms with van der Waals surface area (Å²) in [4.78, 5) is 18.6. The van der Waals surface area contributed by atoms with Crippen molar-refractivity contribution >= 4 is 11.4 Å². The molecular formula is C14H18N4O2. The van der Waals surface area contributed by atoms with Gasteiger partial charge in [0.2, 0.25) is 0 Å². The molecule has 1 unspecified atom stereocenters. The van der Waals surface area contributed by atoms with E-state index in [0.717, 1.165) is 25.7 Å². The van der Waals surface area contributed by atoms with E-state index in [4.69, 9.17) is 0 Å². The molecule has 1 fully saturated rings. The van der Waals surface area contributed by atoms with Crippen molar-refractivity contribution in [2.24, 2.45) is 0 Å². The molecule has 2 aromatic rings. The minimum Gasteiger partial charge on any atom is -0.394 e. The van der Waals surface area contributed by atoms with Crippen LogP contribution >= 0.6 is 0 Å². The van der Waals surface area contributed by atoms with Crippen LogP contribution in [-0.2, 0) is 0 Å². The molecule has 106 valence electrons. The van der Waals surface area contributed by atoms with Gasteiger partial charge in [0.05, 0.1) is 36.1 Å². The Hall–Kier alpha value is -1.95. The quantitative estimate of drug-likeness (QED) is 0.890. The van der Waals surface area contributed by atoms with Crippen molar-refractivity contribution in [2.75, 3.05) is 13.2 Å². The van der Waals surface area contributed by atoms with Crippen molar-refractivity contribution in [1.82, 2.24) is 19.5 Å². The van der Waals surface area contributed by atoms with Crippen LogP contribution in [0.3, 0.4) is 0 Å². The van der Waals surface area contributed by atoms with Crippen molar-refractivity contribution in [2.45, 2.75) is 31.7 Å². The number of fused-ring (bicyclic) bond motifs is 1. The van der Waals surface area contributed by atoms with Gasteiger partial charge in [-0.2, -0.15) is 5.10 Å². The Balaban J connectivity index is 1.94. The average molecular weight is 274 g/mol. The number of amides is 1. The van der Waals surface area contributed by atoms with Crippen LogP contribution in [0.15, 0.2) is 24.8 Å². The van der Waals surface area contributed by atoms with E-state index in [1.165, 1.54) is 0 Å². The summed E-state index contributed by atoms with van der Waals surface area (Å²) in [6.45, 7) is 0.713. The molecule has 1 saturated heterocycles. The third-order valence-corrected chi connectivity index (χ3v) is 3.90. The molecule has 1 amide bonds. The van der Waals surface area contributed by atoms with Crippen LogP contribution in [0.4, 0.5) is 0 Å². The van der Waals surface area contributed by atoms with Gasteiger partial charge >= 0.3 is 0 Å². The van der Waals surface area contributed by atoms with Gasteiger partial charge in [-0.25, -0.2) is 4.52 Å². The zero-order valence-corrected chi connectivity index (χ0v) is 11.3. The Morgan fingerprint density at radius 2 is 2.25 bits per heavy atom. The lowest BCUT2D eigenvalue weighted by Crippen LogP contribution is -2.42. The lowest BCUT2D eigenvalue weighted by Gasteiger charge is -2.28. The number of nitrogens with zero attached hydrogens (tertiary/aromatic N) is 4. The highest BCUT2D eigenvalue weighted by molar-refractivity contribution is 6.00. The molecule has 0 radical (unpaired) electrons. The minimum atomic E-state index is -0.0865. The predicted octanol–water partition coefficient (Wildman–Crippen LogP) is 1.11. The van der Waals surface area contributed by atoms with E-state index < -0.39 is 0 Å². The third kappa shape index (κ3) is 2.27. The van der Waals surface area contributed by atoms with E-state index in [0.29, 0.717) is 17.6 Å². The summed E-state index contributed by atoms with van der Waals surface area (Å²) >= 11 is 0. The molecule has 1 N–H and O–H groups in total. The van der Waals surface area contributed by atoms with Gasteiger partial charge in [-0.1, -0.05) is 12.8 Å². The lowest BCUT2D eigenvalue weighted by atomic mass is 10.1. The van der Waals surface area contributed by atoms with Gasteiger partial charge in [-0.3, -0.25) is 9.78 Å². The largest absolute Gasteiger partial charge is 0.394 e. The van der Waals surface area contributed by atoms with E-state index in [1.54, 1.807) is 34.2 Å². The lowest BCUT2D eigenvalue weighted by molar-refractivity contribution is 0.0601. The number of rotatable bonds is 2. The fourth-order valence-electron chi connectivity index (χ4n) is 2.79. The summed E-state index contributed by atoms with van der Waals surface area (Å²) < 4.78 is 1.64. The highest BCUT2D eigenvalue weighted by Gasteiger charge is 2.27. The van der Waals surface area contributed by atoms with Crippen molar-refractivity contribution < 1.29 is 9.90 Å². The first kappa shape index (κ1) is 13.1. The van der Waals surface area contributed by atoms with E-state index >= 15 is 0 Å². The molecule has 6 heteroatoms. The summed E-state index contributed by atoms with van der Waals surface area (Å²) in [5, 5.41) is 13.7. The monoisotopic (exact) mass is 274 g/mol. The zero-order chi connectivity index (χ0) is 13.9. The van der Waals surface area contributed by atoms with Crippen LogP contribution in [0.2, 0.25) is 0 Å². The molecule has 1 atom stereocenters. The van der Waals surface area contributed by atoms with E-state index in [1.807, 2.05) is 0 Å². The number of carbonyl (C=O) groups is 1. The summed E-state index contributed by atoms with van der Waals surface area (Å²) in [7, 11) is 0. The Bertz CT molecular complexity index is 610. The zero-order valence-electron chi connectivity index (χ0n) is 11.3. The molecule has 0 aromatic carbocycles. The average Bonchev–Trinajstić information content (AvgIpc) is 2.76. The SMILES string of the molecule is O=C(c1cnn2ccncc12)N1CCCCCC1CO. The van der Waals surface area contributed by atoms with Crippen LogP contribution in [0.1, 0.15) is 36.0 Å². The van der Waals surface area contributed by atoms with E-state index in [2.05, 4.69) is 10.1 Å². The summed E-state index contributed by atoms with van der Waals surface area (Å²) in [6.07, 6.45) is 10.6. The molecule has 1 aliphatic rings. The topological polar surface area (TPSA) is 70.7 Å². The number of aliphatic hydroxyl groups excluding tert-OH is 1. The molecule has 0 spiro atoms. The van der Waals surface area contributed by atoms with Crippen molar-refractivity contribution in [1.29, 1.82) is 0 Å². The maximum absolute atomic E-state index is 12.7. The number of likely N-dealkylation sites (tertiary alicyclic amines) is 1.